The Morgan fingerprint density at radius 1 is 0.784 bits per heavy atom. The van der Waals surface area contributed by atoms with Crippen molar-refractivity contribution in [1.29, 1.82) is 0 Å². The van der Waals surface area contributed by atoms with Crippen LogP contribution in [0, 0.1) is 11.7 Å². The summed E-state index contributed by atoms with van der Waals surface area (Å²) in [6, 6.07) is 23.3. The highest BCUT2D eigenvalue weighted by Crippen LogP contribution is 2.33. The van der Waals surface area contributed by atoms with Gasteiger partial charge in [0, 0.05) is 11.5 Å². The molecule has 1 atom stereocenters. The molecule has 0 aliphatic heterocycles. The number of thioether (sulfide) groups is 2. The van der Waals surface area contributed by atoms with E-state index in [0.29, 0.717) is 17.1 Å². The monoisotopic (exact) mass is 539 g/mol. The minimum atomic E-state index is -1.22. The standard InChI is InChI=1S/C29H30FNO4S2/c1-29(2,3)35-28(34)31-25(22-14-16-23(30)17-15-22)24(26(32)36-18-20-10-6-4-7-11-20)27(33)37-19-21-12-8-5-9-13-21/h4-17,24-25H,18-19H2,1-3H3,(H,31,34)/t25-/m0/s1. The summed E-state index contributed by atoms with van der Waals surface area (Å²) in [5.41, 5.74) is 1.51. The van der Waals surface area contributed by atoms with Crippen LogP contribution in [-0.4, -0.2) is 21.9 Å². The average Bonchev–Trinajstić information content (AvgIpc) is 2.86. The van der Waals surface area contributed by atoms with Gasteiger partial charge in [-0.05, 0) is 49.6 Å². The lowest BCUT2D eigenvalue weighted by atomic mass is 9.94. The van der Waals surface area contributed by atoms with Crippen molar-refractivity contribution < 1.29 is 23.5 Å². The Morgan fingerprint density at radius 3 is 1.68 bits per heavy atom. The van der Waals surface area contributed by atoms with Gasteiger partial charge in [0.1, 0.15) is 17.3 Å². The number of carbonyl (C=O) groups is 3. The van der Waals surface area contributed by atoms with E-state index in [1.54, 1.807) is 20.8 Å². The second kappa shape index (κ2) is 13.4. The van der Waals surface area contributed by atoms with Gasteiger partial charge in [0.25, 0.3) is 0 Å². The molecule has 0 saturated carbocycles. The predicted molar refractivity (Wildman–Crippen MR) is 147 cm³/mol. The molecular weight excluding hydrogens is 509 g/mol. The first-order valence-electron chi connectivity index (χ1n) is 11.8. The van der Waals surface area contributed by atoms with E-state index in [4.69, 9.17) is 4.74 Å². The van der Waals surface area contributed by atoms with Crippen LogP contribution >= 0.6 is 23.5 Å². The number of halogens is 1. The number of hydrogen-bond acceptors (Lipinski definition) is 6. The summed E-state index contributed by atoms with van der Waals surface area (Å²) >= 11 is 2.03. The van der Waals surface area contributed by atoms with E-state index in [9.17, 15) is 18.8 Å². The van der Waals surface area contributed by atoms with Gasteiger partial charge in [-0.15, -0.1) is 0 Å². The van der Waals surface area contributed by atoms with Crippen molar-refractivity contribution in [2.75, 3.05) is 0 Å². The van der Waals surface area contributed by atoms with Crippen LogP contribution in [-0.2, 0) is 25.8 Å². The largest absolute Gasteiger partial charge is 0.444 e. The first-order valence-corrected chi connectivity index (χ1v) is 13.8. The Labute approximate surface area is 225 Å². The van der Waals surface area contributed by atoms with Crippen LogP contribution in [0.15, 0.2) is 84.9 Å². The molecule has 0 aromatic heterocycles. The molecular formula is C29H30FNO4S2. The zero-order valence-electron chi connectivity index (χ0n) is 21.0. The van der Waals surface area contributed by atoms with Gasteiger partial charge in [-0.3, -0.25) is 9.59 Å². The Hall–Kier alpha value is -3.10. The molecule has 37 heavy (non-hydrogen) atoms. The molecule has 194 valence electrons. The Morgan fingerprint density at radius 2 is 1.24 bits per heavy atom. The summed E-state index contributed by atoms with van der Waals surface area (Å²) < 4.78 is 19.1. The number of hydrogen-bond donors (Lipinski definition) is 1. The van der Waals surface area contributed by atoms with Crippen LogP contribution in [0.5, 0.6) is 0 Å². The number of carbonyl (C=O) groups excluding carboxylic acids is 3. The minimum absolute atomic E-state index is 0.370. The van der Waals surface area contributed by atoms with Crippen molar-refractivity contribution in [2.24, 2.45) is 5.92 Å². The van der Waals surface area contributed by atoms with E-state index in [0.717, 1.165) is 34.7 Å². The number of ether oxygens (including phenoxy) is 1. The van der Waals surface area contributed by atoms with Gasteiger partial charge in [0.15, 0.2) is 0 Å². The SMILES string of the molecule is CC(C)(C)OC(=O)N[C@@H](c1ccc(F)cc1)C(C(=O)SCc1ccccc1)C(=O)SCc1ccccc1. The first-order chi connectivity index (χ1) is 17.6. The summed E-state index contributed by atoms with van der Waals surface area (Å²) in [6.07, 6.45) is -0.770. The molecule has 0 radical (unpaired) electrons. The van der Waals surface area contributed by atoms with Crippen LogP contribution in [0.2, 0.25) is 0 Å². The first kappa shape index (κ1) is 28.5. The summed E-state index contributed by atoms with van der Waals surface area (Å²) in [5.74, 6) is -0.948. The lowest BCUT2D eigenvalue weighted by Gasteiger charge is -2.28. The van der Waals surface area contributed by atoms with Gasteiger partial charge < -0.3 is 10.1 Å². The van der Waals surface area contributed by atoms with Gasteiger partial charge in [-0.1, -0.05) is 96.3 Å². The third-order valence-corrected chi connectivity index (χ3v) is 7.22. The van der Waals surface area contributed by atoms with Crippen LogP contribution < -0.4 is 5.32 Å². The zero-order valence-corrected chi connectivity index (χ0v) is 22.6. The maximum atomic E-state index is 13.7. The molecule has 0 spiro atoms. The molecule has 0 bridgehead atoms. The van der Waals surface area contributed by atoms with Crippen LogP contribution in [0.25, 0.3) is 0 Å². The van der Waals surface area contributed by atoms with Crippen LogP contribution in [0.3, 0.4) is 0 Å². The molecule has 0 aliphatic rings. The third-order valence-electron chi connectivity index (χ3n) is 5.19. The van der Waals surface area contributed by atoms with Crippen molar-refractivity contribution >= 4 is 39.8 Å². The molecule has 5 nitrogen and oxygen atoms in total. The van der Waals surface area contributed by atoms with Crippen LogP contribution in [0.4, 0.5) is 9.18 Å². The molecule has 3 aromatic carbocycles. The normalized spacial score (nSPS) is 12.1. The summed E-state index contributed by atoms with van der Waals surface area (Å²) in [4.78, 5) is 39.9. The zero-order chi connectivity index (χ0) is 26.8. The molecule has 3 aromatic rings. The number of benzene rings is 3. The van der Waals surface area contributed by atoms with Gasteiger partial charge in [0.2, 0.25) is 10.2 Å². The predicted octanol–water partition coefficient (Wildman–Crippen LogP) is 6.93. The van der Waals surface area contributed by atoms with Crippen molar-refractivity contribution in [1.82, 2.24) is 5.32 Å². The molecule has 1 amide bonds. The second-order valence-electron chi connectivity index (χ2n) is 9.34. The topological polar surface area (TPSA) is 72.5 Å². The van der Waals surface area contributed by atoms with Crippen molar-refractivity contribution in [3.8, 4) is 0 Å². The fourth-order valence-corrected chi connectivity index (χ4v) is 5.39. The summed E-state index contributed by atoms with van der Waals surface area (Å²) in [6.45, 7) is 5.16. The highest BCUT2D eigenvalue weighted by atomic mass is 32.2. The van der Waals surface area contributed by atoms with Crippen molar-refractivity contribution in [3.05, 3.63) is 107 Å². The molecule has 0 aliphatic carbocycles. The van der Waals surface area contributed by atoms with Crippen molar-refractivity contribution in [3.63, 3.8) is 0 Å². The molecule has 0 fully saturated rings. The van der Waals surface area contributed by atoms with Crippen molar-refractivity contribution in [2.45, 2.75) is 43.9 Å². The third kappa shape index (κ3) is 9.37. The summed E-state index contributed by atoms with van der Waals surface area (Å²) in [5, 5.41) is 1.94. The molecule has 8 heteroatoms. The highest BCUT2D eigenvalue weighted by Gasteiger charge is 2.38. The number of alkyl carbamates (subject to hydrolysis) is 1. The quantitative estimate of drug-likeness (QED) is 0.297. The van der Waals surface area contributed by atoms with E-state index >= 15 is 0 Å². The maximum Gasteiger partial charge on any atom is 0.408 e. The smallest absolute Gasteiger partial charge is 0.408 e. The van der Waals surface area contributed by atoms with E-state index in [2.05, 4.69) is 5.32 Å². The molecule has 1 N–H and O–H groups in total. The number of nitrogens with one attached hydrogen (secondary N) is 1. The lowest BCUT2D eigenvalue weighted by molar-refractivity contribution is -0.124. The number of rotatable bonds is 9. The maximum absolute atomic E-state index is 13.7. The van der Waals surface area contributed by atoms with Gasteiger partial charge in [-0.25, -0.2) is 9.18 Å². The Bertz CT molecular complexity index is 1130. The highest BCUT2D eigenvalue weighted by molar-refractivity contribution is 8.15. The Kier molecular flexibility index (Phi) is 10.3. The van der Waals surface area contributed by atoms with E-state index in [-0.39, 0.29) is 10.2 Å². The van der Waals surface area contributed by atoms with Crippen LogP contribution in [0.1, 0.15) is 43.5 Å². The minimum Gasteiger partial charge on any atom is -0.444 e. The number of amides is 1. The molecule has 3 rings (SSSR count). The molecule has 0 unspecified atom stereocenters. The second-order valence-corrected chi connectivity index (χ2v) is 11.3. The van der Waals surface area contributed by atoms with Gasteiger partial charge >= 0.3 is 6.09 Å². The van der Waals surface area contributed by atoms with E-state index in [1.807, 2.05) is 60.7 Å². The average molecular weight is 540 g/mol. The van der Waals surface area contributed by atoms with E-state index in [1.165, 1.54) is 24.3 Å². The van der Waals surface area contributed by atoms with E-state index < -0.39 is 29.5 Å². The Balaban J connectivity index is 1.91. The van der Waals surface area contributed by atoms with Gasteiger partial charge in [-0.2, -0.15) is 0 Å². The molecule has 0 saturated heterocycles. The lowest BCUT2D eigenvalue weighted by Crippen LogP contribution is -2.41. The summed E-state index contributed by atoms with van der Waals surface area (Å²) in [7, 11) is 0. The fraction of sp³-hybridized carbons (Fsp3) is 0.276. The molecule has 0 heterocycles. The van der Waals surface area contributed by atoms with Gasteiger partial charge in [0.05, 0.1) is 6.04 Å². The fourth-order valence-electron chi connectivity index (χ4n) is 3.47.